The van der Waals surface area contributed by atoms with Gasteiger partial charge in [-0.05, 0) is 31.0 Å². The van der Waals surface area contributed by atoms with Gasteiger partial charge in [0.05, 0.1) is 38.2 Å². The summed E-state index contributed by atoms with van der Waals surface area (Å²) >= 11 is 0. The molecule has 0 aliphatic carbocycles. The number of aromatic nitrogens is 3. The van der Waals surface area contributed by atoms with Crippen molar-refractivity contribution in [2.24, 2.45) is 0 Å². The van der Waals surface area contributed by atoms with Gasteiger partial charge in [0.2, 0.25) is 0 Å². The van der Waals surface area contributed by atoms with Crippen LogP contribution >= 0.6 is 7.82 Å². The number of fused-ring (bicyclic) bond motifs is 1. The van der Waals surface area contributed by atoms with Crippen molar-refractivity contribution in [3.63, 3.8) is 0 Å². The number of nitrogen functional groups attached to an aromatic ring is 1. The van der Waals surface area contributed by atoms with Crippen LogP contribution in [0.25, 0.3) is 5.52 Å². The van der Waals surface area contributed by atoms with Gasteiger partial charge in [0.25, 0.3) is 0 Å². The molecule has 1 saturated heterocycles. The lowest BCUT2D eigenvalue weighted by Gasteiger charge is -2.23. The van der Waals surface area contributed by atoms with E-state index in [1.165, 1.54) is 101 Å². The summed E-state index contributed by atoms with van der Waals surface area (Å²) in [4.78, 5) is 14.5. The molecule has 13 nitrogen and oxygen atoms in total. The molecule has 3 aromatic rings. The van der Waals surface area contributed by atoms with Crippen LogP contribution in [0.4, 0.5) is 5.82 Å². The number of ether oxygens (including phenoxy) is 3. The molecule has 1 aliphatic heterocycles. The second-order valence-corrected chi connectivity index (χ2v) is 16.3. The number of nitriles is 1. The average molecular weight is 786 g/mol. The monoisotopic (exact) mass is 785 g/mol. The first-order chi connectivity index (χ1) is 26.7. The Balaban J connectivity index is 1.14. The van der Waals surface area contributed by atoms with E-state index in [1.54, 1.807) is 12.1 Å². The molecule has 0 bridgehead atoms. The van der Waals surface area contributed by atoms with Crippen LogP contribution in [0.2, 0.25) is 0 Å². The zero-order valence-corrected chi connectivity index (χ0v) is 33.9. The van der Waals surface area contributed by atoms with Gasteiger partial charge in [-0.3, -0.25) is 9.05 Å². The van der Waals surface area contributed by atoms with E-state index in [1.807, 2.05) is 31.2 Å². The maximum absolute atomic E-state index is 13.0. The van der Waals surface area contributed by atoms with Crippen LogP contribution in [0.1, 0.15) is 133 Å². The number of benzene rings is 1. The van der Waals surface area contributed by atoms with Gasteiger partial charge in [-0.25, -0.2) is 14.1 Å². The lowest BCUT2D eigenvalue weighted by Crippen LogP contribution is -2.29. The molecule has 0 radical (unpaired) electrons. The Labute approximate surface area is 327 Å². The van der Waals surface area contributed by atoms with E-state index in [2.05, 4.69) is 23.1 Å². The molecule has 4 rings (SSSR count). The zero-order valence-electron chi connectivity index (χ0n) is 33.0. The highest BCUT2D eigenvalue weighted by Gasteiger charge is 2.50. The van der Waals surface area contributed by atoms with Crippen molar-refractivity contribution in [2.75, 3.05) is 32.2 Å². The van der Waals surface area contributed by atoms with Gasteiger partial charge >= 0.3 is 7.82 Å². The topological polar surface area (TPSA) is 184 Å². The number of phosphoric acid groups is 1. The van der Waals surface area contributed by atoms with Gasteiger partial charge < -0.3 is 29.9 Å². The van der Waals surface area contributed by atoms with E-state index in [4.69, 9.17) is 29.0 Å². The predicted molar refractivity (Wildman–Crippen MR) is 212 cm³/mol. The van der Waals surface area contributed by atoms with Crippen LogP contribution in [0, 0.1) is 18.3 Å². The Morgan fingerprint density at radius 1 is 0.945 bits per heavy atom. The molecule has 55 heavy (non-hydrogen) atoms. The molecule has 4 N–H and O–H groups in total. The van der Waals surface area contributed by atoms with E-state index >= 15 is 0 Å². The van der Waals surface area contributed by atoms with Crippen molar-refractivity contribution < 1.29 is 37.8 Å². The molecular weight excluding hydrogens is 721 g/mol. The Bertz CT molecular complexity index is 1620. The highest BCUT2D eigenvalue weighted by Crippen LogP contribution is 2.46. The Kier molecular flexibility index (Phi) is 19.5. The largest absolute Gasteiger partial charge is 0.472 e. The van der Waals surface area contributed by atoms with Crippen LogP contribution in [0.15, 0.2) is 42.7 Å². The second-order valence-electron chi connectivity index (χ2n) is 14.9. The maximum atomic E-state index is 13.0. The SMILES string of the molecule is CCCCCCCCCCCCCCCCCCOC[C@H](COP(=O)(O)OC[C@H]1O[C@@](C#N)(c2ccc3c(N)ncnn23)C[C@@H]1O)OCc1ccc(C)cc1. The van der Waals surface area contributed by atoms with Gasteiger partial charge in [-0.1, -0.05) is 133 Å². The van der Waals surface area contributed by atoms with Gasteiger partial charge in [0.15, 0.2) is 11.4 Å². The second kappa shape index (κ2) is 24.0. The van der Waals surface area contributed by atoms with Crippen LogP contribution < -0.4 is 5.73 Å². The Hall–Kier alpha value is -2.92. The van der Waals surface area contributed by atoms with Gasteiger partial charge in [-0.15, -0.1) is 0 Å². The molecule has 0 saturated carbocycles. The summed E-state index contributed by atoms with van der Waals surface area (Å²) in [6.07, 6.45) is 19.0. The molecule has 306 valence electrons. The number of phosphoric ester groups is 1. The summed E-state index contributed by atoms with van der Waals surface area (Å²) in [6.45, 7) is 4.54. The van der Waals surface area contributed by atoms with E-state index < -0.39 is 38.3 Å². The number of rotatable bonds is 29. The zero-order chi connectivity index (χ0) is 39.4. The Morgan fingerprint density at radius 3 is 2.18 bits per heavy atom. The molecule has 1 fully saturated rings. The van der Waals surface area contributed by atoms with Crippen molar-refractivity contribution >= 4 is 19.2 Å². The third kappa shape index (κ3) is 15.2. The standard InChI is InChI=1S/C41H64N5O8P/c1-3-4-5-6-7-8-9-10-11-12-13-14-15-16-17-18-25-50-28-35(51-27-34-21-19-33(2)20-22-34)29-52-55(48,49)53-30-38-37(47)26-41(31-42,54-38)39-24-23-36-40(43)44-32-45-46(36)39/h19-24,32,35,37-38,47H,3-18,25-30H2,1-2H3,(H,48,49)(H2,43,44,45)/t35-,37+,38-,41+/m1/s1. The molecule has 5 atom stereocenters. The van der Waals surface area contributed by atoms with E-state index in [-0.39, 0.29) is 32.1 Å². The van der Waals surface area contributed by atoms with Gasteiger partial charge in [0, 0.05) is 13.0 Å². The van der Waals surface area contributed by atoms with Gasteiger partial charge in [0.1, 0.15) is 30.1 Å². The highest BCUT2D eigenvalue weighted by atomic mass is 31.2. The number of aliphatic hydroxyl groups is 1. The van der Waals surface area contributed by atoms with E-state index in [9.17, 15) is 19.8 Å². The number of unbranched alkanes of at least 4 members (excludes halogenated alkanes) is 15. The molecule has 3 heterocycles. The molecule has 1 aromatic carbocycles. The van der Waals surface area contributed by atoms with Gasteiger partial charge in [-0.2, -0.15) is 10.4 Å². The third-order valence-electron chi connectivity index (χ3n) is 10.2. The maximum Gasteiger partial charge on any atom is 0.472 e. The Morgan fingerprint density at radius 2 is 1.56 bits per heavy atom. The predicted octanol–water partition coefficient (Wildman–Crippen LogP) is 8.49. The van der Waals surface area contributed by atoms with Crippen LogP contribution in [-0.4, -0.2) is 69.3 Å². The summed E-state index contributed by atoms with van der Waals surface area (Å²) in [5.74, 6) is 0.220. The van der Waals surface area contributed by atoms with Crippen molar-refractivity contribution in [2.45, 2.75) is 154 Å². The highest BCUT2D eigenvalue weighted by molar-refractivity contribution is 7.47. The smallest absolute Gasteiger partial charge is 0.390 e. The minimum absolute atomic E-state index is 0.115. The number of aliphatic hydroxyl groups excluding tert-OH is 1. The minimum Gasteiger partial charge on any atom is -0.390 e. The minimum atomic E-state index is -4.61. The average Bonchev–Trinajstić information content (AvgIpc) is 3.77. The fourth-order valence-corrected chi connectivity index (χ4v) is 7.67. The molecule has 0 amide bonds. The number of anilines is 1. The summed E-state index contributed by atoms with van der Waals surface area (Å²) in [7, 11) is -4.61. The summed E-state index contributed by atoms with van der Waals surface area (Å²) < 4.78 is 43.0. The molecular formula is C41H64N5O8P. The molecule has 2 aromatic heterocycles. The lowest BCUT2D eigenvalue weighted by atomic mass is 9.96. The fraction of sp³-hybridized carbons (Fsp3) is 0.683. The number of aryl methyl sites for hydroxylation is 1. The number of hydrogen-bond donors (Lipinski definition) is 3. The van der Waals surface area contributed by atoms with Crippen molar-refractivity contribution in [1.29, 1.82) is 5.26 Å². The van der Waals surface area contributed by atoms with Crippen LogP contribution in [-0.2, 0) is 40.0 Å². The van der Waals surface area contributed by atoms with Crippen LogP contribution in [0.5, 0.6) is 0 Å². The molecule has 1 aliphatic rings. The lowest BCUT2D eigenvalue weighted by molar-refractivity contribution is -0.0629. The normalized spacial score (nSPS) is 20.1. The molecule has 0 spiro atoms. The molecule has 14 heteroatoms. The number of nitrogens with two attached hydrogens (primary N) is 1. The number of nitrogens with zero attached hydrogens (tertiary/aromatic N) is 4. The first kappa shape index (κ1) is 44.8. The number of hydrogen-bond acceptors (Lipinski definition) is 11. The molecule has 1 unspecified atom stereocenters. The van der Waals surface area contributed by atoms with E-state index in [0.717, 1.165) is 24.0 Å². The van der Waals surface area contributed by atoms with E-state index in [0.29, 0.717) is 17.8 Å². The first-order valence-corrected chi connectivity index (χ1v) is 21.9. The van der Waals surface area contributed by atoms with Crippen LogP contribution in [0.3, 0.4) is 0 Å². The van der Waals surface area contributed by atoms with Crippen molar-refractivity contribution in [1.82, 2.24) is 14.6 Å². The first-order valence-electron chi connectivity index (χ1n) is 20.4. The summed E-state index contributed by atoms with van der Waals surface area (Å²) in [5.41, 5.74) is 7.25. The van der Waals surface area contributed by atoms with Crippen molar-refractivity contribution in [3.8, 4) is 6.07 Å². The third-order valence-corrected chi connectivity index (χ3v) is 11.2. The summed E-state index contributed by atoms with van der Waals surface area (Å²) in [5, 5.41) is 25.1. The van der Waals surface area contributed by atoms with Crippen molar-refractivity contribution in [3.05, 3.63) is 59.5 Å². The fourth-order valence-electron chi connectivity index (χ4n) is 6.90. The summed E-state index contributed by atoms with van der Waals surface area (Å²) in [6, 6.07) is 13.3. The quantitative estimate of drug-likeness (QED) is 0.0451.